The molecule has 1 unspecified atom stereocenters. The molecule has 0 aromatic heterocycles. The minimum Gasteiger partial charge on any atom is -0.481 e. The van der Waals surface area contributed by atoms with Crippen LogP contribution in [0.15, 0.2) is 22.7 Å². The van der Waals surface area contributed by atoms with Gasteiger partial charge in [0, 0.05) is 16.1 Å². The highest BCUT2D eigenvalue weighted by Gasteiger charge is 2.14. The van der Waals surface area contributed by atoms with E-state index in [0.29, 0.717) is 4.47 Å². The van der Waals surface area contributed by atoms with Gasteiger partial charge in [-0.1, -0.05) is 22.0 Å². The second kappa shape index (κ2) is 6.05. The van der Waals surface area contributed by atoms with E-state index in [0.717, 1.165) is 0 Å². The van der Waals surface area contributed by atoms with Gasteiger partial charge in [-0.05, 0) is 12.1 Å². The molecule has 15 heavy (non-hydrogen) atoms. The number of hydrogen-bond donors (Lipinski definition) is 2. The molecule has 0 saturated heterocycles. The first-order valence-electron chi connectivity index (χ1n) is 3.93. The predicted octanol–water partition coefficient (Wildman–Crippen LogP) is 2.48. The third-order valence-electron chi connectivity index (χ3n) is 1.76. The minimum absolute atomic E-state index is 0. The van der Waals surface area contributed by atoms with Crippen molar-refractivity contribution in [2.75, 3.05) is 0 Å². The molecule has 1 aromatic rings. The molecule has 0 bridgehead atoms. The molecule has 1 atom stereocenters. The lowest BCUT2D eigenvalue weighted by atomic mass is 10.0. The molecule has 0 heterocycles. The number of nitrogens with two attached hydrogens (primary N) is 1. The van der Waals surface area contributed by atoms with E-state index in [9.17, 15) is 9.18 Å². The summed E-state index contributed by atoms with van der Waals surface area (Å²) in [6.45, 7) is 0. The Labute approximate surface area is 101 Å². The van der Waals surface area contributed by atoms with Crippen molar-refractivity contribution in [1.29, 1.82) is 0 Å². The van der Waals surface area contributed by atoms with Crippen molar-refractivity contribution in [1.82, 2.24) is 0 Å². The van der Waals surface area contributed by atoms with Crippen molar-refractivity contribution in [3.63, 3.8) is 0 Å². The van der Waals surface area contributed by atoms with Gasteiger partial charge in [0.15, 0.2) is 0 Å². The maximum absolute atomic E-state index is 13.2. The average molecular weight is 299 g/mol. The summed E-state index contributed by atoms with van der Waals surface area (Å²) in [6, 6.07) is 3.56. The number of carboxylic acid groups (broad SMARTS) is 1. The monoisotopic (exact) mass is 297 g/mol. The molecule has 0 amide bonds. The Morgan fingerprint density at radius 1 is 1.60 bits per heavy atom. The zero-order chi connectivity index (χ0) is 10.7. The van der Waals surface area contributed by atoms with Crippen LogP contribution in [0.1, 0.15) is 18.0 Å². The molecule has 0 spiro atoms. The molecular weight excluding hydrogens is 288 g/mol. The lowest BCUT2D eigenvalue weighted by Crippen LogP contribution is -2.16. The summed E-state index contributed by atoms with van der Waals surface area (Å²) >= 11 is 3.10. The Morgan fingerprint density at radius 2 is 2.20 bits per heavy atom. The molecule has 84 valence electrons. The molecule has 1 aromatic carbocycles. The van der Waals surface area contributed by atoms with Crippen LogP contribution in [0.5, 0.6) is 0 Å². The summed E-state index contributed by atoms with van der Waals surface area (Å²) in [7, 11) is 0. The van der Waals surface area contributed by atoms with E-state index < -0.39 is 17.8 Å². The first-order chi connectivity index (χ1) is 6.50. The minimum atomic E-state index is -1.04. The van der Waals surface area contributed by atoms with Crippen molar-refractivity contribution in [2.24, 2.45) is 5.73 Å². The SMILES string of the molecule is Cl.NC(CC(=O)O)c1ccc(Br)cc1F. The summed E-state index contributed by atoms with van der Waals surface area (Å²) < 4.78 is 13.8. The third kappa shape index (κ3) is 4.15. The lowest BCUT2D eigenvalue weighted by molar-refractivity contribution is -0.137. The number of benzene rings is 1. The van der Waals surface area contributed by atoms with Crippen LogP contribution in [0.3, 0.4) is 0 Å². The van der Waals surface area contributed by atoms with Crippen LogP contribution in [-0.4, -0.2) is 11.1 Å². The van der Waals surface area contributed by atoms with Crippen LogP contribution in [-0.2, 0) is 4.79 Å². The fraction of sp³-hybridized carbons (Fsp3) is 0.222. The molecule has 0 saturated carbocycles. The van der Waals surface area contributed by atoms with Gasteiger partial charge in [0.2, 0.25) is 0 Å². The van der Waals surface area contributed by atoms with Gasteiger partial charge in [0.05, 0.1) is 6.42 Å². The van der Waals surface area contributed by atoms with E-state index in [2.05, 4.69) is 15.9 Å². The highest BCUT2D eigenvalue weighted by molar-refractivity contribution is 9.10. The van der Waals surface area contributed by atoms with Gasteiger partial charge >= 0.3 is 5.97 Å². The van der Waals surface area contributed by atoms with Crippen LogP contribution < -0.4 is 5.73 Å². The van der Waals surface area contributed by atoms with Crippen LogP contribution in [0.2, 0.25) is 0 Å². The van der Waals surface area contributed by atoms with E-state index in [-0.39, 0.29) is 24.4 Å². The van der Waals surface area contributed by atoms with Crippen molar-refractivity contribution >= 4 is 34.3 Å². The third-order valence-corrected chi connectivity index (χ3v) is 2.25. The Bertz CT molecular complexity index is 362. The van der Waals surface area contributed by atoms with Gasteiger partial charge in [0.1, 0.15) is 5.82 Å². The fourth-order valence-electron chi connectivity index (χ4n) is 1.10. The van der Waals surface area contributed by atoms with E-state index >= 15 is 0 Å². The first-order valence-corrected chi connectivity index (χ1v) is 4.72. The molecule has 3 N–H and O–H groups in total. The lowest BCUT2D eigenvalue weighted by Gasteiger charge is -2.10. The van der Waals surface area contributed by atoms with Gasteiger partial charge in [-0.3, -0.25) is 4.79 Å². The number of rotatable bonds is 3. The molecular formula is C9H10BrClFNO2. The van der Waals surface area contributed by atoms with Crippen molar-refractivity contribution in [2.45, 2.75) is 12.5 Å². The first kappa shape index (κ1) is 14.3. The van der Waals surface area contributed by atoms with E-state index in [1.54, 1.807) is 6.07 Å². The summed E-state index contributed by atoms with van der Waals surface area (Å²) in [5.41, 5.74) is 5.73. The molecule has 1 rings (SSSR count). The summed E-state index contributed by atoms with van der Waals surface area (Å²) in [5.74, 6) is -1.53. The zero-order valence-corrected chi connectivity index (χ0v) is 10.0. The molecule has 0 aliphatic carbocycles. The largest absolute Gasteiger partial charge is 0.481 e. The Kier molecular flexibility index (Phi) is 5.79. The normalized spacial score (nSPS) is 11.7. The molecule has 0 fully saturated rings. The fourth-order valence-corrected chi connectivity index (χ4v) is 1.43. The van der Waals surface area contributed by atoms with Crippen LogP contribution in [0, 0.1) is 5.82 Å². The number of hydrogen-bond acceptors (Lipinski definition) is 2. The molecule has 0 aliphatic heterocycles. The summed E-state index contributed by atoms with van der Waals surface area (Å²) in [5, 5.41) is 8.48. The number of aliphatic carboxylic acids is 1. The van der Waals surface area contributed by atoms with E-state index in [1.165, 1.54) is 12.1 Å². The van der Waals surface area contributed by atoms with Gasteiger partial charge in [0.25, 0.3) is 0 Å². The second-order valence-corrected chi connectivity index (χ2v) is 3.79. The highest BCUT2D eigenvalue weighted by Crippen LogP contribution is 2.21. The smallest absolute Gasteiger partial charge is 0.305 e. The van der Waals surface area contributed by atoms with Gasteiger partial charge in [-0.15, -0.1) is 12.4 Å². The van der Waals surface area contributed by atoms with Crippen LogP contribution in [0.4, 0.5) is 4.39 Å². The quantitative estimate of drug-likeness (QED) is 0.901. The maximum Gasteiger partial charge on any atom is 0.305 e. The van der Waals surface area contributed by atoms with E-state index in [1.807, 2.05) is 0 Å². The summed E-state index contributed by atoms with van der Waals surface area (Å²) in [6.07, 6.45) is -0.279. The Hall–Kier alpha value is -0.650. The van der Waals surface area contributed by atoms with Crippen LogP contribution >= 0.6 is 28.3 Å². The van der Waals surface area contributed by atoms with Crippen molar-refractivity contribution in [3.8, 4) is 0 Å². The zero-order valence-electron chi connectivity index (χ0n) is 7.61. The van der Waals surface area contributed by atoms with Gasteiger partial charge in [-0.25, -0.2) is 4.39 Å². The Balaban J connectivity index is 0.00000196. The summed E-state index contributed by atoms with van der Waals surface area (Å²) in [4.78, 5) is 10.3. The topological polar surface area (TPSA) is 63.3 Å². The molecule has 6 heteroatoms. The molecule has 0 aliphatic rings. The number of carbonyl (C=O) groups is 1. The second-order valence-electron chi connectivity index (χ2n) is 2.87. The van der Waals surface area contributed by atoms with E-state index in [4.69, 9.17) is 10.8 Å². The molecule has 3 nitrogen and oxygen atoms in total. The highest BCUT2D eigenvalue weighted by atomic mass is 79.9. The van der Waals surface area contributed by atoms with Gasteiger partial charge < -0.3 is 10.8 Å². The maximum atomic E-state index is 13.2. The van der Waals surface area contributed by atoms with Gasteiger partial charge in [-0.2, -0.15) is 0 Å². The van der Waals surface area contributed by atoms with Crippen molar-refractivity contribution in [3.05, 3.63) is 34.1 Å². The number of halogens is 3. The molecule has 0 radical (unpaired) electrons. The van der Waals surface area contributed by atoms with Crippen LogP contribution in [0.25, 0.3) is 0 Å². The predicted molar refractivity (Wildman–Crippen MR) is 60.5 cm³/mol. The number of carboxylic acids is 1. The standard InChI is InChI=1S/C9H9BrFNO2.ClH/c10-5-1-2-6(7(11)3-5)8(12)4-9(13)14;/h1-3,8H,4,12H2,(H,13,14);1H. The average Bonchev–Trinajstić information content (AvgIpc) is 2.01. The van der Waals surface area contributed by atoms with Crippen molar-refractivity contribution < 1.29 is 14.3 Å². The Morgan fingerprint density at radius 3 is 2.67 bits per heavy atom.